The van der Waals surface area contributed by atoms with E-state index in [-0.39, 0.29) is 27.0 Å². The summed E-state index contributed by atoms with van der Waals surface area (Å²) in [6, 6.07) is 4.05. The minimum Gasteiger partial charge on any atom is -0.495 e. The second-order valence-electron chi connectivity index (χ2n) is 4.96. The third kappa shape index (κ3) is 3.83. The molecule has 0 atom stereocenters. The molecule has 0 bridgehead atoms. The number of rotatable bonds is 6. The van der Waals surface area contributed by atoms with Gasteiger partial charge in [-0.3, -0.25) is 4.72 Å². The van der Waals surface area contributed by atoms with Crippen molar-refractivity contribution in [3.8, 4) is 11.5 Å². The average Bonchev–Trinajstić information content (AvgIpc) is 2.97. The molecule has 0 aliphatic carbocycles. The van der Waals surface area contributed by atoms with Gasteiger partial charge in [0.2, 0.25) is 0 Å². The van der Waals surface area contributed by atoms with Crippen molar-refractivity contribution in [2.75, 3.05) is 26.1 Å². The Labute approximate surface area is 150 Å². The van der Waals surface area contributed by atoms with Crippen LogP contribution in [0.4, 0.5) is 5.69 Å². The highest BCUT2D eigenvalue weighted by Gasteiger charge is 2.23. The van der Waals surface area contributed by atoms with Crippen LogP contribution in [-0.4, -0.2) is 40.3 Å². The van der Waals surface area contributed by atoms with Gasteiger partial charge in [0.25, 0.3) is 10.0 Å². The van der Waals surface area contributed by atoms with Crippen LogP contribution >= 0.6 is 11.6 Å². The minimum absolute atomic E-state index is 0.0996. The monoisotopic (exact) mass is 388 g/mol. The Morgan fingerprint density at radius 2 is 1.76 bits per heavy atom. The van der Waals surface area contributed by atoms with E-state index in [4.69, 9.17) is 21.1 Å². The fourth-order valence-corrected chi connectivity index (χ4v) is 3.50. The van der Waals surface area contributed by atoms with Crippen LogP contribution in [0.2, 0.25) is 5.02 Å². The third-order valence-corrected chi connectivity index (χ3v) is 5.03. The summed E-state index contributed by atoms with van der Waals surface area (Å²) in [6.07, 6.45) is 1.30. The van der Waals surface area contributed by atoms with Crippen LogP contribution in [0, 0.1) is 0 Å². The molecule has 136 valence electrons. The molecule has 2 aromatic rings. The van der Waals surface area contributed by atoms with Crippen molar-refractivity contribution in [1.29, 1.82) is 0 Å². The maximum absolute atomic E-state index is 12.6. The molecule has 0 radical (unpaired) electrons. The van der Waals surface area contributed by atoms with Crippen molar-refractivity contribution >= 4 is 33.3 Å². The molecule has 2 rings (SSSR count). The fraction of sp³-hybridized carbons (Fsp3) is 0.267. The lowest BCUT2D eigenvalue weighted by molar-refractivity contribution is 0.0590. The Morgan fingerprint density at radius 1 is 1.12 bits per heavy atom. The van der Waals surface area contributed by atoms with Crippen molar-refractivity contribution in [3.63, 3.8) is 0 Å². The van der Waals surface area contributed by atoms with E-state index in [1.807, 2.05) is 0 Å². The molecular formula is C15H17ClN2O6S. The summed E-state index contributed by atoms with van der Waals surface area (Å²) in [5.74, 6) is -0.0721. The van der Waals surface area contributed by atoms with Crippen molar-refractivity contribution in [3.05, 3.63) is 35.1 Å². The molecule has 0 unspecified atom stereocenters. The van der Waals surface area contributed by atoms with Gasteiger partial charge in [-0.05, 0) is 12.1 Å². The number of nitrogens with zero attached hydrogens (tertiary/aromatic N) is 1. The van der Waals surface area contributed by atoms with Crippen LogP contribution < -0.4 is 14.2 Å². The molecular weight excluding hydrogens is 372 g/mol. The number of ether oxygens (including phenoxy) is 3. The maximum atomic E-state index is 12.6. The number of hydrogen-bond acceptors (Lipinski definition) is 6. The van der Waals surface area contributed by atoms with E-state index < -0.39 is 16.0 Å². The van der Waals surface area contributed by atoms with Crippen molar-refractivity contribution in [2.24, 2.45) is 7.05 Å². The van der Waals surface area contributed by atoms with Crippen LogP contribution in [0.5, 0.6) is 11.5 Å². The van der Waals surface area contributed by atoms with E-state index >= 15 is 0 Å². The summed E-state index contributed by atoms with van der Waals surface area (Å²) in [5, 5.41) is 0.212. The molecule has 0 aliphatic heterocycles. The molecule has 0 aliphatic rings. The van der Waals surface area contributed by atoms with Gasteiger partial charge in [0, 0.05) is 19.3 Å². The number of methoxy groups -OCH3 is 3. The molecule has 10 heteroatoms. The van der Waals surface area contributed by atoms with E-state index in [2.05, 4.69) is 9.46 Å². The minimum atomic E-state index is -3.98. The highest BCUT2D eigenvalue weighted by Crippen LogP contribution is 2.37. The number of anilines is 1. The van der Waals surface area contributed by atoms with Gasteiger partial charge in [-0.15, -0.1) is 0 Å². The lowest BCUT2D eigenvalue weighted by Gasteiger charge is -2.13. The van der Waals surface area contributed by atoms with Crippen LogP contribution in [0.3, 0.4) is 0 Å². The summed E-state index contributed by atoms with van der Waals surface area (Å²) in [7, 11) is 1.59. The molecule has 1 N–H and O–H groups in total. The number of aryl methyl sites for hydroxylation is 1. The largest absolute Gasteiger partial charge is 0.495 e. The van der Waals surface area contributed by atoms with E-state index in [9.17, 15) is 13.2 Å². The Bertz CT molecular complexity index is 907. The Balaban J connectivity index is 2.43. The second kappa shape index (κ2) is 7.24. The van der Waals surface area contributed by atoms with Crippen LogP contribution in [0.1, 0.15) is 10.5 Å². The molecule has 0 spiro atoms. The van der Waals surface area contributed by atoms with Crippen molar-refractivity contribution in [2.45, 2.75) is 4.90 Å². The van der Waals surface area contributed by atoms with Gasteiger partial charge in [-0.1, -0.05) is 11.6 Å². The number of aromatic nitrogens is 1. The van der Waals surface area contributed by atoms with Crippen LogP contribution in [0.15, 0.2) is 29.3 Å². The lowest BCUT2D eigenvalue weighted by atomic mass is 10.3. The smallest absolute Gasteiger partial charge is 0.354 e. The van der Waals surface area contributed by atoms with Gasteiger partial charge in [0.15, 0.2) is 0 Å². The van der Waals surface area contributed by atoms with Gasteiger partial charge in [0.05, 0.1) is 32.0 Å². The van der Waals surface area contributed by atoms with Crippen molar-refractivity contribution in [1.82, 2.24) is 4.57 Å². The highest BCUT2D eigenvalue weighted by atomic mass is 35.5. The van der Waals surface area contributed by atoms with Crippen LogP contribution in [-0.2, 0) is 21.8 Å². The molecule has 1 heterocycles. The van der Waals surface area contributed by atoms with Gasteiger partial charge in [0.1, 0.15) is 22.1 Å². The average molecular weight is 389 g/mol. The predicted octanol–water partition coefficient (Wildman–Crippen LogP) is 2.28. The topological polar surface area (TPSA) is 95.9 Å². The molecule has 0 amide bonds. The zero-order valence-electron chi connectivity index (χ0n) is 14.0. The lowest BCUT2D eigenvalue weighted by Crippen LogP contribution is -2.13. The molecule has 25 heavy (non-hydrogen) atoms. The normalized spacial score (nSPS) is 11.1. The number of nitrogens with one attached hydrogen (secondary N) is 1. The Hall–Kier alpha value is -2.39. The first-order valence-electron chi connectivity index (χ1n) is 6.92. The summed E-state index contributed by atoms with van der Waals surface area (Å²) in [6.45, 7) is 0. The fourth-order valence-electron chi connectivity index (χ4n) is 2.13. The number of hydrogen-bond donors (Lipinski definition) is 1. The first kappa shape index (κ1) is 18.9. The number of carbonyl (C=O) groups is 1. The zero-order chi connectivity index (χ0) is 18.8. The highest BCUT2D eigenvalue weighted by molar-refractivity contribution is 7.92. The molecule has 0 fully saturated rings. The third-order valence-electron chi connectivity index (χ3n) is 3.40. The number of esters is 1. The first-order chi connectivity index (χ1) is 11.7. The first-order valence-corrected chi connectivity index (χ1v) is 8.78. The number of benzene rings is 1. The summed E-state index contributed by atoms with van der Waals surface area (Å²) in [5.41, 5.74) is 0.236. The van der Waals surface area contributed by atoms with Crippen molar-refractivity contribution < 1.29 is 27.4 Å². The molecule has 1 aromatic heterocycles. The zero-order valence-corrected chi connectivity index (χ0v) is 15.6. The van der Waals surface area contributed by atoms with Gasteiger partial charge in [-0.25, -0.2) is 13.2 Å². The molecule has 8 nitrogen and oxygen atoms in total. The predicted molar refractivity (Wildman–Crippen MR) is 92.1 cm³/mol. The van der Waals surface area contributed by atoms with Crippen LogP contribution in [0.25, 0.3) is 0 Å². The molecule has 0 saturated carbocycles. The number of sulfonamides is 1. The van der Waals surface area contributed by atoms with Gasteiger partial charge < -0.3 is 18.8 Å². The Morgan fingerprint density at radius 3 is 2.32 bits per heavy atom. The van der Waals surface area contributed by atoms with E-state index in [0.29, 0.717) is 5.75 Å². The number of halogens is 1. The van der Waals surface area contributed by atoms with Gasteiger partial charge >= 0.3 is 5.97 Å². The van der Waals surface area contributed by atoms with Gasteiger partial charge in [-0.2, -0.15) is 0 Å². The SMILES string of the molecule is COC(=O)c1cc(S(=O)(=O)Nc2cc(Cl)c(OC)cc2OC)cn1C. The summed E-state index contributed by atoms with van der Waals surface area (Å²) >= 11 is 6.04. The number of carbonyl (C=O) groups excluding carboxylic acids is 1. The second-order valence-corrected chi connectivity index (χ2v) is 7.05. The Kier molecular flexibility index (Phi) is 5.48. The summed E-state index contributed by atoms with van der Waals surface area (Å²) in [4.78, 5) is 11.5. The quantitative estimate of drug-likeness (QED) is 0.763. The standard InChI is InChI=1S/C15H17ClN2O6S/c1-18-8-9(5-12(18)15(19)24-4)25(20,21)17-11-6-10(16)13(22-2)7-14(11)23-3/h5-8,17H,1-4H3. The van der Waals surface area contributed by atoms with E-state index in [1.54, 1.807) is 0 Å². The maximum Gasteiger partial charge on any atom is 0.354 e. The van der Waals surface area contributed by atoms with E-state index in [1.165, 1.54) is 57.3 Å². The summed E-state index contributed by atoms with van der Waals surface area (Å²) < 4.78 is 43.8. The molecule has 1 aromatic carbocycles. The molecule has 0 saturated heterocycles. The van der Waals surface area contributed by atoms with E-state index in [0.717, 1.165) is 0 Å².